The Morgan fingerprint density at radius 3 is 2.20 bits per heavy atom. The summed E-state index contributed by atoms with van der Waals surface area (Å²) >= 11 is 0. The molecule has 3 atom stereocenters. The highest BCUT2D eigenvalue weighted by Crippen LogP contribution is 2.51. The van der Waals surface area contributed by atoms with Crippen molar-refractivity contribution in [2.75, 3.05) is 7.11 Å². The van der Waals surface area contributed by atoms with E-state index in [4.69, 9.17) is 28.9 Å². The zero-order valence-electron chi connectivity index (χ0n) is 27.7. The minimum Gasteiger partial charge on any atom is -0.482 e. The first-order chi connectivity index (χ1) is 21.9. The maximum Gasteiger partial charge on any atom is 0.373 e. The predicted molar refractivity (Wildman–Crippen MR) is 170 cm³/mol. The summed E-state index contributed by atoms with van der Waals surface area (Å²) < 4.78 is 5.57. The Bertz CT molecular complexity index is 1720. The number of nitrogens with one attached hydrogen (secondary N) is 2. The summed E-state index contributed by atoms with van der Waals surface area (Å²) in [6, 6.07) is 0. The number of H-pyrrole nitrogens is 1. The topological polar surface area (TPSA) is 152 Å². The summed E-state index contributed by atoms with van der Waals surface area (Å²) in [5.41, 5.74) is 13.5. The van der Waals surface area contributed by atoms with Crippen molar-refractivity contribution in [3.63, 3.8) is 0 Å². The third-order valence-electron chi connectivity index (χ3n) is 9.55. The van der Waals surface area contributed by atoms with Gasteiger partial charge in [0.2, 0.25) is 0 Å². The number of aromatic nitrogens is 1. The molecular weight excluding hydrogens is 586 g/mol. The van der Waals surface area contributed by atoms with Gasteiger partial charge < -0.3 is 15.0 Å². The molecule has 1 amide bonds. The van der Waals surface area contributed by atoms with Gasteiger partial charge in [0.1, 0.15) is 0 Å². The number of Topliss-reactive ketones (excluding diaryl/α,β-unsaturated/α-hetero) is 1. The van der Waals surface area contributed by atoms with Gasteiger partial charge in [-0.05, 0) is 74.0 Å². The Morgan fingerprint density at radius 1 is 1.04 bits per heavy atom. The summed E-state index contributed by atoms with van der Waals surface area (Å²) in [5, 5.41) is 2.97. The van der Waals surface area contributed by atoms with Gasteiger partial charge in [0, 0.05) is 63.7 Å². The maximum absolute atomic E-state index is 13.7. The number of amides is 1. The first kappa shape index (κ1) is 35.6. The summed E-state index contributed by atoms with van der Waals surface area (Å²) in [6.07, 6.45) is 7.53. The van der Waals surface area contributed by atoms with Gasteiger partial charge in [0.15, 0.2) is 11.7 Å². The van der Waals surface area contributed by atoms with E-state index in [2.05, 4.69) is 51.5 Å². The van der Waals surface area contributed by atoms with Crippen LogP contribution < -0.4 is 10.1 Å². The van der Waals surface area contributed by atoms with Crippen molar-refractivity contribution in [3.05, 3.63) is 86.0 Å². The van der Waals surface area contributed by atoms with Crippen LogP contribution >= 0.6 is 0 Å². The molecule has 1 aromatic rings. The molecule has 5 rings (SSSR count). The number of ketones is 1. The van der Waals surface area contributed by atoms with E-state index >= 15 is 0 Å². The standard InChI is InChI=1S/C34H41N3O3.2CO2/c1-10-22-19(7)34(40-9)37-28(22)14-21-13-25-29(20(8)32(38)30(25)16(21)4)31-23(11-2)17(5)26(35-31)15-27-18(6)24(12-3)33(39)36-27;2*2-1-3/h12,15,17,20,23,37H,3,10-11,13-14H2,1-2,4-9H3,(H,36,39);;/b27-15-,31-29-;;/t17-,20+,23-;;/m0../s1. The van der Waals surface area contributed by atoms with E-state index in [-0.39, 0.29) is 41.7 Å². The highest BCUT2D eigenvalue weighted by molar-refractivity contribution is 6.10. The molecule has 2 aliphatic heterocycles. The summed E-state index contributed by atoms with van der Waals surface area (Å²) in [6.45, 7) is 18.5. The molecule has 0 spiro atoms. The number of aliphatic imine (C=N–C) groups is 1. The lowest BCUT2D eigenvalue weighted by Crippen LogP contribution is -2.19. The summed E-state index contributed by atoms with van der Waals surface area (Å²) in [7, 11) is 1.70. The second-order valence-electron chi connectivity index (χ2n) is 11.7. The molecule has 0 radical (unpaired) electrons. The Morgan fingerprint density at radius 2 is 1.67 bits per heavy atom. The van der Waals surface area contributed by atoms with E-state index in [0.717, 1.165) is 82.1 Å². The van der Waals surface area contributed by atoms with Crippen molar-refractivity contribution in [2.24, 2.45) is 22.7 Å². The van der Waals surface area contributed by atoms with Crippen molar-refractivity contribution in [2.45, 2.75) is 74.1 Å². The van der Waals surface area contributed by atoms with Gasteiger partial charge in [0.05, 0.1) is 7.11 Å². The lowest BCUT2D eigenvalue weighted by atomic mass is 9.83. The Labute approximate surface area is 269 Å². The SMILES string of the molecule is C=CC1=C(C)/C(=C/C2=NC(=C3\C4=C(C(=O)[C@@H]3C)C(C)=C(Cc3[nH]c(OC)c(C)c3CC)C4)/[C@@H](CC)[C@@H]2C)NC1=O.O=C=O.O=C=O. The Hall–Kier alpha value is -4.91. The largest absolute Gasteiger partial charge is 0.482 e. The zero-order chi connectivity index (χ0) is 34.5. The maximum atomic E-state index is 13.7. The second kappa shape index (κ2) is 14.9. The molecule has 1 aromatic heterocycles. The smallest absolute Gasteiger partial charge is 0.373 e. The molecule has 0 fully saturated rings. The number of ether oxygens (including phenoxy) is 1. The van der Waals surface area contributed by atoms with E-state index in [1.807, 2.05) is 19.9 Å². The van der Waals surface area contributed by atoms with Crippen LogP contribution in [0.5, 0.6) is 5.88 Å². The first-order valence-corrected chi connectivity index (χ1v) is 15.3. The minimum atomic E-state index is -0.201. The van der Waals surface area contributed by atoms with Gasteiger partial charge in [-0.1, -0.05) is 45.9 Å². The summed E-state index contributed by atoms with van der Waals surface area (Å²) in [5.74, 6) is 1.11. The van der Waals surface area contributed by atoms with Crippen LogP contribution in [-0.2, 0) is 41.6 Å². The normalized spacial score (nSPS) is 24.2. The van der Waals surface area contributed by atoms with E-state index < -0.39 is 0 Å². The van der Waals surface area contributed by atoms with Gasteiger partial charge in [-0.2, -0.15) is 19.2 Å². The molecule has 242 valence electrons. The van der Waals surface area contributed by atoms with E-state index in [0.29, 0.717) is 5.57 Å². The number of allylic oxidation sites excluding steroid dienone is 8. The molecule has 0 saturated carbocycles. The average molecular weight is 628 g/mol. The van der Waals surface area contributed by atoms with Crippen LogP contribution in [0, 0.1) is 24.7 Å². The van der Waals surface area contributed by atoms with Crippen molar-refractivity contribution >= 4 is 29.7 Å². The average Bonchev–Trinajstić information content (AvgIpc) is 3.74. The van der Waals surface area contributed by atoms with Crippen LogP contribution in [0.25, 0.3) is 0 Å². The number of carbonyl (C=O) groups excluding carboxylic acids is 6. The van der Waals surface area contributed by atoms with Crippen molar-refractivity contribution in [1.29, 1.82) is 0 Å². The molecule has 2 N–H and O–H groups in total. The molecule has 0 saturated heterocycles. The molecule has 4 aliphatic rings. The van der Waals surface area contributed by atoms with Gasteiger partial charge in [-0.25, -0.2) is 0 Å². The van der Waals surface area contributed by atoms with Gasteiger partial charge in [-0.3, -0.25) is 14.6 Å². The molecule has 2 aliphatic carbocycles. The van der Waals surface area contributed by atoms with Crippen molar-refractivity contribution in [3.8, 4) is 5.88 Å². The van der Waals surface area contributed by atoms with Crippen LogP contribution in [0.1, 0.15) is 71.2 Å². The third kappa shape index (κ3) is 6.27. The molecule has 10 heteroatoms. The fourth-order valence-electron chi connectivity index (χ4n) is 7.17. The molecular formula is C36H41N3O7. The zero-order valence-corrected chi connectivity index (χ0v) is 27.7. The Kier molecular flexibility index (Phi) is 11.5. The highest BCUT2D eigenvalue weighted by Gasteiger charge is 2.44. The number of carbonyl (C=O) groups is 2. The lowest BCUT2D eigenvalue weighted by Gasteiger charge is -2.20. The predicted octanol–water partition coefficient (Wildman–Crippen LogP) is 5.39. The van der Waals surface area contributed by atoms with Crippen molar-refractivity contribution < 1.29 is 33.5 Å². The lowest BCUT2D eigenvalue weighted by molar-refractivity contribution is -0.193. The molecule has 0 bridgehead atoms. The van der Waals surface area contributed by atoms with Crippen LogP contribution in [-0.4, -0.2) is 41.8 Å². The first-order valence-electron chi connectivity index (χ1n) is 15.3. The van der Waals surface area contributed by atoms with Crippen LogP contribution in [0.4, 0.5) is 0 Å². The van der Waals surface area contributed by atoms with Crippen LogP contribution in [0.3, 0.4) is 0 Å². The van der Waals surface area contributed by atoms with Crippen LogP contribution in [0.15, 0.2) is 74.1 Å². The molecule has 0 unspecified atom stereocenters. The number of hydrogen-bond donors (Lipinski definition) is 2. The minimum absolute atomic E-state index is 0.124. The second-order valence-corrected chi connectivity index (χ2v) is 11.7. The highest BCUT2D eigenvalue weighted by atomic mass is 16.5. The number of nitrogens with zero attached hydrogens (tertiary/aromatic N) is 1. The molecule has 3 heterocycles. The van der Waals surface area contributed by atoms with E-state index in [1.54, 1.807) is 13.2 Å². The number of rotatable bonds is 7. The quantitative estimate of drug-likeness (QED) is 0.411. The number of hydrogen-bond acceptors (Lipinski definition) is 8. The van der Waals surface area contributed by atoms with Gasteiger partial charge >= 0.3 is 12.3 Å². The van der Waals surface area contributed by atoms with Gasteiger partial charge in [-0.15, -0.1) is 0 Å². The monoisotopic (exact) mass is 627 g/mol. The van der Waals surface area contributed by atoms with E-state index in [1.165, 1.54) is 16.8 Å². The van der Waals surface area contributed by atoms with Crippen LogP contribution in [0.2, 0.25) is 0 Å². The fraction of sp³-hybridized carbons (Fsp3) is 0.417. The fourth-order valence-corrected chi connectivity index (χ4v) is 7.17. The molecule has 0 aromatic carbocycles. The van der Waals surface area contributed by atoms with Crippen molar-refractivity contribution in [1.82, 2.24) is 10.3 Å². The Balaban J connectivity index is 0.000000891. The molecule has 10 nitrogen and oxygen atoms in total. The summed E-state index contributed by atoms with van der Waals surface area (Å²) in [4.78, 5) is 67.2. The number of aromatic amines is 1. The third-order valence-corrected chi connectivity index (χ3v) is 9.55. The van der Waals surface area contributed by atoms with Gasteiger partial charge in [0.25, 0.3) is 5.91 Å². The number of methoxy groups -OCH3 is 1. The van der Waals surface area contributed by atoms with E-state index in [9.17, 15) is 9.59 Å². The molecule has 46 heavy (non-hydrogen) atoms.